The van der Waals surface area contributed by atoms with E-state index in [2.05, 4.69) is 20.2 Å². The Hall–Kier alpha value is -1.94. The quantitative estimate of drug-likeness (QED) is 0.938. The van der Waals surface area contributed by atoms with E-state index in [1.807, 2.05) is 42.7 Å². The van der Waals surface area contributed by atoms with Crippen molar-refractivity contribution >= 4 is 5.69 Å². The summed E-state index contributed by atoms with van der Waals surface area (Å²) in [5, 5.41) is 3.62. The van der Waals surface area contributed by atoms with E-state index in [0.717, 1.165) is 17.1 Å². The summed E-state index contributed by atoms with van der Waals surface area (Å²) >= 11 is 0. The molecule has 108 valence electrons. The van der Waals surface area contributed by atoms with E-state index in [-0.39, 0.29) is 0 Å². The van der Waals surface area contributed by atoms with Crippen molar-refractivity contribution in [2.24, 2.45) is 0 Å². The van der Waals surface area contributed by atoms with Gasteiger partial charge in [-0.25, -0.2) is 9.97 Å². The number of nitrogens with zero attached hydrogens (tertiary/aromatic N) is 3. The normalized spacial score (nSPS) is 25.0. The van der Waals surface area contributed by atoms with Crippen LogP contribution in [0.2, 0.25) is 0 Å². The summed E-state index contributed by atoms with van der Waals surface area (Å²) in [7, 11) is 0. The molecule has 2 saturated heterocycles. The van der Waals surface area contributed by atoms with Crippen LogP contribution in [0.4, 0.5) is 5.69 Å². The molecular weight excluding hydrogens is 260 g/mol. The SMILES string of the molecule is c1ccc(-c2ncc(NC3CCN4CCCC34)cn2)cc1. The van der Waals surface area contributed by atoms with Gasteiger partial charge in [0, 0.05) is 24.2 Å². The average molecular weight is 280 g/mol. The third-order valence-electron chi connectivity index (χ3n) is 4.64. The topological polar surface area (TPSA) is 41.1 Å². The first-order chi connectivity index (χ1) is 10.4. The molecule has 1 aromatic heterocycles. The lowest BCUT2D eigenvalue weighted by Crippen LogP contribution is -2.33. The fourth-order valence-corrected chi connectivity index (χ4v) is 3.60. The first-order valence-corrected chi connectivity index (χ1v) is 7.78. The van der Waals surface area contributed by atoms with E-state index in [1.165, 1.54) is 32.4 Å². The van der Waals surface area contributed by atoms with Gasteiger partial charge in [0.25, 0.3) is 0 Å². The van der Waals surface area contributed by atoms with Crippen molar-refractivity contribution in [3.05, 3.63) is 42.7 Å². The summed E-state index contributed by atoms with van der Waals surface area (Å²) in [5.74, 6) is 0.787. The van der Waals surface area contributed by atoms with E-state index in [0.29, 0.717) is 12.1 Å². The highest BCUT2D eigenvalue weighted by Crippen LogP contribution is 2.30. The molecule has 2 atom stereocenters. The van der Waals surface area contributed by atoms with Gasteiger partial charge in [-0.2, -0.15) is 0 Å². The Morgan fingerprint density at radius 3 is 2.62 bits per heavy atom. The van der Waals surface area contributed by atoms with Crippen molar-refractivity contribution in [3.8, 4) is 11.4 Å². The molecule has 2 aliphatic heterocycles. The van der Waals surface area contributed by atoms with E-state index in [4.69, 9.17) is 0 Å². The van der Waals surface area contributed by atoms with Gasteiger partial charge in [0.15, 0.2) is 5.82 Å². The van der Waals surface area contributed by atoms with Gasteiger partial charge in [-0.1, -0.05) is 30.3 Å². The maximum atomic E-state index is 4.49. The van der Waals surface area contributed by atoms with Gasteiger partial charge in [0.1, 0.15) is 0 Å². The number of hydrogen-bond acceptors (Lipinski definition) is 4. The molecule has 0 saturated carbocycles. The third kappa shape index (κ3) is 2.51. The van der Waals surface area contributed by atoms with Crippen LogP contribution in [0, 0.1) is 0 Å². The average Bonchev–Trinajstić information content (AvgIpc) is 3.14. The van der Waals surface area contributed by atoms with Gasteiger partial charge in [0.05, 0.1) is 18.1 Å². The highest BCUT2D eigenvalue weighted by molar-refractivity contribution is 5.55. The smallest absolute Gasteiger partial charge is 0.159 e. The Morgan fingerprint density at radius 1 is 1.00 bits per heavy atom. The molecule has 1 aromatic carbocycles. The van der Waals surface area contributed by atoms with Crippen LogP contribution < -0.4 is 5.32 Å². The predicted molar refractivity (Wildman–Crippen MR) is 84.1 cm³/mol. The zero-order chi connectivity index (χ0) is 14.1. The van der Waals surface area contributed by atoms with Gasteiger partial charge in [0.2, 0.25) is 0 Å². The van der Waals surface area contributed by atoms with E-state index in [9.17, 15) is 0 Å². The Labute approximate surface area is 125 Å². The highest BCUT2D eigenvalue weighted by Gasteiger charge is 2.36. The standard InChI is InChI=1S/C17H20N4/c1-2-5-13(6-3-1)17-18-11-14(12-19-17)20-15-8-10-21-9-4-7-16(15)21/h1-3,5-6,11-12,15-16,20H,4,7-10H2. The maximum absolute atomic E-state index is 4.49. The van der Waals surface area contributed by atoms with Crippen LogP contribution in [0.15, 0.2) is 42.7 Å². The first-order valence-electron chi connectivity index (χ1n) is 7.78. The molecule has 4 heteroatoms. The minimum Gasteiger partial charge on any atom is -0.378 e. The fraction of sp³-hybridized carbons (Fsp3) is 0.412. The predicted octanol–water partition coefficient (Wildman–Crippen LogP) is 2.79. The molecule has 0 amide bonds. The largest absolute Gasteiger partial charge is 0.378 e. The van der Waals surface area contributed by atoms with Crippen LogP contribution in [0.1, 0.15) is 19.3 Å². The molecule has 2 aromatic rings. The number of rotatable bonds is 3. The molecule has 0 aliphatic carbocycles. The molecule has 0 radical (unpaired) electrons. The molecule has 4 nitrogen and oxygen atoms in total. The Balaban J connectivity index is 1.47. The summed E-state index contributed by atoms with van der Waals surface area (Å²) in [4.78, 5) is 11.6. The van der Waals surface area contributed by atoms with Crippen LogP contribution >= 0.6 is 0 Å². The Kier molecular flexibility index (Phi) is 3.31. The maximum Gasteiger partial charge on any atom is 0.159 e. The lowest BCUT2D eigenvalue weighted by molar-refractivity contribution is 0.318. The van der Waals surface area contributed by atoms with Gasteiger partial charge in [-0.05, 0) is 25.8 Å². The number of fused-ring (bicyclic) bond motifs is 1. The van der Waals surface area contributed by atoms with Crippen molar-refractivity contribution in [1.29, 1.82) is 0 Å². The van der Waals surface area contributed by atoms with E-state index < -0.39 is 0 Å². The zero-order valence-corrected chi connectivity index (χ0v) is 12.1. The molecule has 0 spiro atoms. The lowest BCUT2D eigenvalue weighted by atomic mass is 10.1. The second-order valence-electron chi connectivity index (χ2n) is 5.95. The summed E-state index contributed by atoms with van der Waals surface area (Å²) in [6, 6.07) is 11.4. The van der Waals surface area contributed by atoms with Crippen molar-refractivity contribution in [3.63, 3.8) is 0 Å². The summed E-state index contributed by atoms with van der Waals surface area (Å²) in [6.07, 6.45) is 7.71. The van der Waals surface area contributed by atoms with Crippen LogP contribution in [-0.2, 0) is 0 Å². The number of aromatic nitrogens is 2. The van der Waals surface area contributed by atoms with Gasteiger partial charge in [-0.3, -0.25) is 4.90 Å². The number of nitrogens with one attached hydrogen (secondary N) is 1. The van der Waals surface area contributed by atoms with E-state index in [1.54, 1.807) is 0 Å². The Morgan fingerprint density at radius 2 is 1.81 bits per heavy atom. The fourth-order valence-electron chi connectivity index (χ4n) is 3.60. The molecule has 21 heavy (non-hydrogen) atoms. The van der Waals surface area contributed by atoms with E-state index >= 15 is 0 Å². The molecule has 4 rings (SSSR count). The molecule has 3 heterocycles. The second-order valence-corrected chi connectivity index (χ2v) is 5.95. The molecule has 1 N–H and O–H groups in total. The summed E-state index contributed by atoms with van der Waals surface area (Å²) in [5.41, 5.74) is 2.10. The minimum absolute atomic E-state index is 0.554. The minimum atomic E-state index is 0.554. The number of hydrogen-bond donors (Lipinski definition) is 1. The van der Waals surface area contributed by atoms with Crippen molar-refractivity contribution in [1.82, 2.24) is 14.9 Å². The molecule has 2 unspecified atom stereocenters. The molecular formula is C17H20N4. The monoisotopic (exact) mass is 280 g/mol. The van der Waals surface area contributed by atoms with Crippen LogP contribution in [0.5, 0.6) is 0 Å². The summed E-state index contributed by atoms with van der Waals surface area (Å²) < 4.78 is 0. The lowest BCUT2D eigenvalue weighted by Gasteiger charge is -2.21. The van der Waals surface area contributed by atoms with Crippen LogP contribution in [-0.4, -0.2) is 40.0 Å². The Bertz CT molecular complexity index is 596. The molecule has 2 fully saturated rings. The number of benzene rings is 1. The van der Waals surface area contributed by atoms with Gasteiger partial charge in [-0.15, -0.1) is 0 Å². The summed E-state index contributed by atoms with van der Waals surface area (Å²) in [6.45, 7) is 2.50. The van der Waals surface area contributed by atoms with Crippen LogP contribution in [0.25, 0.3) is 11.4 Å². The second kappa shape index (κ2) is 5.45. The highest BCUT2D eigenvalue weighted by atomic mass is 15.2. The molecule has 0 bridgehead atoms. The van der Waals surface area contributed by atoms with Crippen molar-refractivity contribution in [2.75, 3.05) is 18.4 Å². The van der Waals surface area contributed by atoms with Crippen molar-refractivity contribution < 1.29 is 0 Å². The first kappa shape index (κ1) is 12.8. The third-order valence-corrected chi connectivity index (χ3v) is 4.64. The van der Waals surface area contributed by atoms with Gasteiger partial charge < -0.3 is 5.32 Å². The number of anilines is 1. The zero-order valence-electron chi connectivity index (χ0n) is 12.1. The van der Waals surface area contributed by atoms with Crippen LogP contribution in [0.3, 0.4) is 0 Å². The van der Waals surface area contributed by atoms with Gasteiger partial charge >= 0.3 is 0 Å². The molecule has 2 aliphatic rings. The van der Waals surface area contributed by atoms with Crippen molar-refractivity contribution in [2.45, 2.75) is 31.3 Å².